The lowest BCUT2D eigenvalue weighted by Gasteiger charge is -2.07. The summed E-state index contributed by atoms with van der Waals surface area (Å²) in [6.07, 6.45) is 5.31. The molecule has 4 nitrogen and oxygen atoms in total. The molecule has 1 heterocycles. The Bertz CT molecular complexity index is 721. The molecule has 0 amide bonds. The molecule has 0 spiro atoms. The van der Waals surface area contributed by atoms with Gasteiger partial charge in [0.1, 0.15) is 16.3 Å². The number of aryl methyl sites for hydroxylation is 1. The summed E-state index contributed by atoms with van der Waals surface area (Å²) in [6, 6.07) is 4.94. The van der Waals surface area contributed by atoms with E-state index in [9.17, 15) is 9.90 Å². The van der Waals surface area contributed by atoms with Crippen molar-refractivity contribution in [2.24, 2.45) is 5.73 Å². The minimum atomic E-state index is -0.579. The van der Waals surface area contributed by atoms with Gasteiger partial charge in [-0.3, -0.25) is 0 Å². The molecule has 0 fully saturated rings. The van der Waals surface area contributed by atoms with Gasteiger partial charge in [0.25, 0.3) is 0 Å². The Hall–Kier alpha value is -1.88. The summed E-state index contributed by atoms with van der Waals surface area (Å²) < 4.78 is 5.15. The molecule has 0 aliphatic rings. The van der Waals surface area contributed by atoms with Crippen molar-refractivity contribution in [3.63, 3.8) is 0 Å². The van der Waals surface area contributed by atoms with Crippen LogP contribution >= 0.6 is 12.2 Å². The van der Waals surface area contributed by atoms with Crippen molar-refractivity contribution in [1.29, 1.82) is 0 Å². The highest BCUT2D eigenvalue weighted by atomic mass is 32.1. The highest BCUT2D eigenvalue weighted by Gasteiger charge is 2.11. The molecule has 2 aromatic rings. The quantitative estimate of drug-likeness (QED) is 0.486. The Labute approximate surface area is 128 Å². The topological polar surface area (TPSA) is 76.5 Å². The van der Waals surface area contributed by atoms with E-state index in [2.05, 4.69) is 6.92 Å². The molecule has 5 heteroatoms. The lowest BCUT2D eigenvalue weighted by atomic mass is 10.0. The molecule has 1 aromatic heterocycles. The second-order valence-corrected chi connectivity index (χ2v) is 5.58. The van der Waals surface area contributed by atoms with Gasteiger partial charge in [-0.2, -0.15) is 0 Å². The fraction of sp³-hybridized carbons (Fsp3) is 0.375. The number of rotatable bonds is 6. The SMILES string of the molecule is CCCCCCc1cc2cc(C(N)=S)c(=O)oc2cc1O. The van der Waals surface area contributed by atoms with Gasteiger partial charge in [0, 0.05) is 11.5 Å². The predicted molar refractivity (Wildman–Crippen MR) is 87.9 cm³/mol. The van der Waals surface area contributed by atoms with Crippen molar-refractivity contribution in [2.75, 3.05) is 0 Å². The van der Waals surface area contributed by atoms with Gasteiger partial charge >= 0.3 is 5.63 Å². The lowest BCUT2D eigenvalue weighted by Crippen LogP contribution is -2.19. The number of hydrogen-bond acceptors (Lipinski definition) is 4. The Morgan fingerprint density at radius 1 is 1.29 bits per heavy atom. The van der Waals surface area contributed by atoms with Crippen molar-refractivity contribution in [3.05, 3.63) is 39.7 Å². The van der Waals surface area contributed by atoms with Crippen LogP contribution in [0.25, 0.3) is 11.0 Å². The van der Waals surface area contributed by atoms with Crippen LogP contribution < -0.4 is 11.4 Å². The standard InChI is InChI=1S/C16H19NO3S/c1-2-3-4-5-6-10-7-11-8-12(15(17)21)16(19)20-14(11)9-13(10)18/h7-9,18H,2-6H2,1H3,(H2,17,21). The first-order valence-corrected chi connectivity index (χ1v) is 7.53. The maximum atomic E-state index is 11.7. The van der Waals surface area contributed by atoms with Crippen LogP contribution in [0.4, 0.5) is 0 Å². The number of aromatic hydroxyl groups is 1. The summed E-state index contributed by atoms with van der Waals surface area (Å²) in [4.78, 5) is 11.7. The minimum absolute atomic E-state index is 0.0169. The summed E-state index contributed by atoms with van der Waals surface area (Å²) >= 11 is 4.84. The predicted octanol–water partition coefficient (Wildman–Crippen LogP) is 3.26. The van der Waals surface area contributed by atoms with Gasteiger partial charge in [-0.1, -0.05) is 38.4 Å². The van der Waals surface area contributed by atoms with Crippen LogP contribution in [0.3, 0.4) is 0 Å². The number of unbranched alkanes of at least 4 members (excludes halogenated alkanes) is 3. The number of benzene rings is 1. The van der Waals surface area contributed by atoms with Crippen molar-refractivity contribution >= 4 is 28.2 Å². The molecule has 1 aromatic carbocycles. The number of hydrogen-bond donors (Lipinski definition) is 2. The molecule has 21 heavy (non-hydrogen) atoms. The van der Waals surface area contributed by atoms with E-state index in [1.54, 1.807) is 6.07 Å². The van der Waals surface area contributed by atoms with Crippen LogP contribution in [-0.4, -0.2) is 10.1 Å². The molecule has 112 valence electrons. The van der Waals surface area contributed by atoms with E-state index in [1.165, 1.54) is 18.9 Å². The molecule has 0 saturated heterocycles. The molecule has 0 saturated carbocycles. The highest BCUT2D eigenvalue weighted by Crippen LogP contribution is 2.26. The first-order valence-electron chi connectivity index (χ1n) is 7.12. The molecular formula is C16H19NO3S. The van der Waals surface area contributed by atoms with Crippen LogP contribution in [0.5, 0.6) is 5.75 Å². The second kappa shape index (κ2) is 6.72. The van der Waals surface area contributed by atoms with E-state index < -0.39 is 5.63 Å². The highest BCUT2D eigenvalue weighted by molar-refractivity contribution is 7.80. The van der Waals surface area contributed by atoms with Crippen LogP contribution in [0.2, 0.25) is 0 Å². The van der Waals surface area contributed by atoms with E-state index >= 15 is 0 Å². The fourth-order valence-corrected chi connectivity index (χ4v) is 2.46. The number of thiocarbonyl (C=S) groups is 1. The molecule has 0 bridgehead atoms. The van der Waals surface area contributed by atoms with Gasteiger partial charge in [0.15, 0.2) is 0 Å². The van der Waals surface area contributed by atoms with E-state index in [0.29, 0.717) is 5.58 Å². The van der Waals surface area contributed by atoms with Gasteiger partial charge in [-0.15, -0.1) is 0 Å². The zero-order chi connectivity index (χ0) is 15.4. The van der Waals surface area contributed by atoms with Crippen molar-refractivity contribution in [1.82, 2.24) is 0 Å². The smallest absolute Gasteiger partial charge is 0.346 e. The average molecular weight is 305 g/mol. The Morgan fingerprint density at radius 3 is 2.71 bits per heavy atom. The van der Waals surface area contributed by atoms with E-state index in [0.717, 1.165) is 30.2 Å². The summed E-state index contributed by atoms with van der Waals surface area (Å²) in [7, 11) is 0. The van der Waals surface area contributed by atoms with Crippen molar-refractivity contribution in [3.8, 4) is 5.75 Å². The molecule has 0 aliphatic carbocycles. The molecule has 0 atom stereocenters. The molecule has 2 rings (SSSR count). The van der Waals surface area contributed by atoms with Crippen LogP contribution in [0, 0.1) is 0 Å². The Morgan fingerprint density at radius 2 is 2.05 bits per heavy atom. The first-order chi connectivity index (χ1) is 10.0. The lowest BCUT2D eigenvalue weighted by molar-refractivity contribution is 0.464. The van der Waals surface area contributed by atoms with E-state index in [4.69, 9.17) is 22.4 Å². The second-order valence-electron chi connectivity index (χ2n) is 5.14. The Balaban J connectivity index is 2.36. The molecule has 0 aliphatic heterocycles. The third kappa shape index (κ3) is 3.61. The van der Waals surface area contributed by atoms with Crippen molar-refractivity contribution in [2.45, 2.75) is 39.0 Å². The number of phenols is 1. The molecule has 0 unspecified atom stereocenters. The molecule has 0 radical (unpaired) electrons. The zero-order valence-electron chi connectivity index (χ0n) is 12.0. The van der Waals surface area contributed by atoms with Gasteiger partial charge < -0.3 is 15.3 Å². The summed E-state index contributed by atoms with van der Waals surface area (Å²) in [6.45, 7) is 2.16. The largest absolute Gasteiger partial charge is 0.508 e. The van der Waals surface area contributed by atoms with Gasteiger partial charge in [-0.05, 0) is 30.5 Å². The van der Waals surface area contributed by atoms with Crippen LogP contribution in [0.15, 0.2) is 27.4 Å². The van der Waals surface area contributed by atoms with E-state index in [-0.39, 0.29) is 16.3 Å². The number of fused-ring (bicyclic) bond motifs is 1. The van der Waals surface area contributed by atoms with Crippen LogP contribution in [-0.2, 0) is 6.42 Å². The maximum Gasteiger partial charge on any atom is 0.346 e. The average Bonchev–Trinajstić information content (AvgIpc) is 2.43. The first kappa shape index (κ1) is 15.5. The minimum Gasteiger partial charge on any atom is -0.508 e. The number of phenolic OH excluding ortho intramolecular Hbond substituents is 1. The van der Waals surface area contributed by atoms with Gasteiger partial charge in [0.05, 0.1) is 5.56 Å². The van der Waals surface area contributed by atoms with Crippen molar-refractivity contribution < 1.29 is 9.52 Å². The molecule has 3 N–H and O–H groups in total. The van der Waals surface area contributed by atoms with Gasteiger partial charge in [0.2, 0.25) is 0 Å². The third-order valence-corrected chi connectivity index (χ3v) is 3.72. The summed E-state index contributed by atoms with van der Waals surface area (Å²) in [5.74, 6) is 0.158. The van der Waals surface area contributed by atoms with Crippen LogP contribution in [0.1, 0.15) is 43.7 Å². The maximum absolute atomic E-state index is 11.7. The molecular weight excluding hydrogens is 286 g/mol. The Kier molecular flexibility index (Phi) is 4.96. The summed E-state index contributed by atoms with van der Waals surface area (Å²) in [5, 5.41) is 10.7. The normalized spacial score (nSPS) is 10.9. The summed E-state index contributed by atoms with van der Waals surface area (Å²) in [5.41, 5.74) is 6.32. The van der Waals surface area contributed by atoms with E-state index in [1.807, 2.05) is 6.07 Å². The third-order valence-electron chi connectivity index (χ3n) is 3.50. The number of nitrogens with two attached hydrogens (primary N) is 1. The fourth-order valence-electron chi connectivity index (χ4n) is 2.32. The zero-order valence-corrected chi connectivity index (χ0v) is 12.8. The van der Waals surface area contributed by atoms with Gasteiger partial charge in [-0.25, -0.2) is 4.79 Å². The monoisotopic (exact) mass is 305 g/mol.